The maximum Gasteiger partial charge on any atom is 0.411 e. The molecular formula is C36H59N2O8+. The minimum atomic E-state index is -1.44. The number of likely N-dealkylation sites (tertiary alicyclic amines) is 2. The van der Waals surface area contributed by atoms with Gasteiger partial charge in [0.2, 0.25) is 0 Å². The second-order valence-electron chi connectivity index (χ2n) is 15.4. The van der Waals surface area contributed by atoms with Gasteiger partial charge in [-0.15, -0.1) is 0 Å². The number of piperazine rings is 1. The molecule has 0 aromatic rings. The van der Waals surface area contributed by atoms with Gasteiger partial charge in [0.25, 0.3) is 0 Å². The molecule has 0 aromatic heterocycles. The van der Waals surface area contributed by atoms with E-state index in [1.54, 1.807) is 17.9 Å². The van der Waals surface area contributed by atoms with Crippen LogP contribution < -0.4 is 0 Å². The summed E-state index contributed by atoms with van der Waals surface area (Å²) < 4.78 is 18.6. The number of carbonyl (C=O) groups excluding carboxylic acids is 2. The fourth-order valence-electron chi connectivity index (χ4n) is 7.45. The van der Waals surface area contributed by atoms with Crippen LogP contribution in [0.4, 0.5) is 4.79 Å². The standard InChI is InChI=1S/C36H59N2O8/c1-9-29(40)25(5)34-30(44-34)17-22(2)11-10-12-23(3)33-24(4)13-14-31(36(6,43)16-15-28(39)19-32(41)46-33)45-35(42)37-20-27-18-26(37)21-38(27,7)8/h10-14,22,24-31,33-34,39-40,43H,9,15-21H2,1-8H3/q+1/b11-10+,14-13+,23-12+/t22-,24+,25-,26-,27-,28-,29+,30-,31+,33-,34-,36-/m1/s1. The van der Waals surface area contributed by atoms with Crippen LogP contribution >= 0.6 is 0 Å². The second kappa shape index (κ2) is 14.9. The summed E-state index contributed by atoms with van der Waals surface area (Å²) in [4.78, 5) is 28.0. The van der Waals surface area contributed by atoms with E-state index in [1.807, 2.05) is 45.9 Å². The third-order valence-corrected chi connectivity index (χ3v) is 10.9. The Hall–Kier alpha value is -2.24. The van der Waals surface area contributed by atoms with Crippen LogP contribution in [0.1, 0.15) is 80.1 Å². The Morgan fingerprint density at radius 1 is 1.28 bits per heavy atom. The number of likely N-dealkylation sites (N-methyl/N-ethyl adjacent to an activating group) is 1. The highest BCUT2D eigenvalue weighted by Crippen LogP contribution is 2.37. The molecule has 46 heavy (non-hydrogen) atoms. The van der Waals surface area contributed by atoms with Gasteiger partial charge in [-0.2, -0.15) is 0 Å². The van der Waals surface area contributed by atoms with Crippen LogP contribution in [0.3, 0.4) is 0 Å². The lowest BCUT2D eigenvalue weighted by atomic mass is 9.88. The van der Waals surface area contributed by atoms with Crippen molar-refractivity contribution in [1.82, 2.24) is 4.90 Å². The first-order chi connectivity index (χ1) is 21.5. The van der Waals surface area contributed by atoms with Gasteiger partial charge in [-0.1, -0.05) is 52.0 Å². The molecule has 2 bridgehead atoms. The highest BCUT2D eigenvalue weighted by atomic mass is 16.6. The lowest BCUT2D eigenvalue weighted by Gasteiger charge is -2.39. The number of ether oxygens (including phenoxy) is 3. The molecule has 0 saturated carbocycles. The lowest BCUT2D eigenvalue weighted by molar-refractivity contribution is -0.906. The molecule has 0 aliphatic carbocycles. The van der Waals surface area contributed by atoms with Crippen LogP contribution in [0, 0.1) is 17.8 Å². The number of rotatable bonds is 9. The van der Waals surface area contributed by atoms with Crippen LogP contribution in [0.2, 0.25) is 0 Å². The van der Waals surface area contributed by atoms with Crippen molar-refractivity contribution < 1.29 is 43.6 Å². The van der Waals surface area contributed by atoms with Crippen molar-refractivity contribution in [3.05, 3.63) is 36.0 Å². The molecule has 4 rings (SSSR count). The molecule has 10 nitrogen and oxygen atoms in total. The number of amides is 1. The minimum absolute atomic E-state index is 0.0995. The summed E-state index contributed by atoms with van der Waals surface area (Å²) in [6.07, 6.45) is 9.12. The molecule has 0 radical (unpaired) electrons. The largest absolute Gasteiger partial charge is 0.457 e. The number of fused-ring (bicyclic) bond motifs is 2. The van der Waals surface area contributed by atoms with Gasteiger partial charge >= 0.3 is 12.1 Å². The van der Waals surface area contributed by atoms with E-state index in [0.717, 1.165) is 29.4 Å². The second-order valence-corrected chi connectivity index (χ2v) is 15.4. The first-order valence-electron chi connectivity index (χ1n) is 17.3. The Labute approximate surface area is 275 Å². The van der Waals surface area contributed by atoms with Gasteiger partial charge in [-0.25, -0.2) is 4.79 Å². The van der Waals surface area contributed by atoms with Crippen LogP contribution in [-0.2, 0) is 19.0 Å². The number of allylic oxidation sites excluding steroid dienone is 3. The molecule has 10 heteroatoms. The van der Waals surface area contributed by atoms with E-state index in [2.05, 4.69) is 27.1 Å². The van der Waals surface area contributed by atoms with Crippen molar-refractivity contribution in [2.45, 2.75) is 134 Å². The molecule has 0 aromatic carbocycles. The Bertz CT molecular complexity index is 1160. The molecule has 3 fully saturated rings. The normalized spacial score (nSPS) is 39.2. The Kier molecular flexibility index (Phi) is 11.8. The number of esters is 1. The Balaban J connectivity index is 1.44. The molecule has 3 saturated heterocycles. The highest BCUT2D eigenvalue weighted by molar-refractivity contribution is 5.70. The molecule has 4 heterocycles. The Morgan fingerprint density at radius 2 is 2.00 bits per heavy atom. The predicted octanol–water partition coefficient (Wildman–Crippen LogP) is 4.13. The van der Waals surface area contributed by atoms with Gasteiger partial charge in [-0.05, 0) is 57.1 Å². The van der Waals surface area contributed by atoms with Gasteiger partial charge in [0, 0.05) is 18.3 Å². The van der Waals surface area contributed by atoms with E-state index in [4.69, 9.17) is 14.2 Å². The van der Waals surface area contributed by atoms with Crippen molar-refractivity contribution in [2.24, 2.45) is 17.8 Å². The zero-order valence-electron chi connectivity index (χ0n) is 29.2. The van der Waals surface area contributed by atoms with Crippen molar-refractivity contribution in [3.63, 3.8) is 0 Å². The molecule has 4 aliphatic rings. The predicted molar refractivity (Wildman–Crippen MR) is 176 cm³/mol. The highest BCUT2D eigenvalue weighted by Gasteiger charge is 2.53. The molecule has 0 unspecified atom stereocenters. The number of quaternary nitrogens is 1. The number of epoxide rings is 1. The van der Waals surface area contributed by atoms with Crippen LogP contribution in [0.5, 0.6) is 0 Å². The number of aliphatic hydroxyl groups is 3. The molecule has 4 aliphatic heterocycles. The SMILES string of the molecule is CC[C@H](O)[C@@H](C)[C@H]1O[C@@H]1C[C@H](C)/C=C/C=C(\C)[C@H]1OC(=O)C[C@H](O)CC[C@@](C)(O)[C@@H](OC(=O)N2C[C@H]3C[C@@H]2C[N+]3(C)C)/C=C/[C@@H]1C. The van der Waals surface area contributed by atoms with Gasteiger partial charge in [0.15, 0.2) is 6.10 Å². The number of hydrogen-bond donors (Lipinski definition) is 3. The topological polar surface area (TPSA) is 129 Å². The molecule has 260 valence electrons. The van der Waals surface area contributed by atoms with Crippen LogP contribution in [0.25, 0.3) is 0 Å². The quantitative estimate of drug-likeness (QED) is 0.112. The Morgan fingerprint density at radius 3 is 2.63 bits per heavy atom. The maximum absolute atomic E-state index is 13.4. The van der Waals surface area contributed by atoms with E-state index < -0.39 is 36.0 Å². The summed E-state index contributed by atoms with van der Waals surface area (Å²) >= 11 is 0. The molecule has 3 N–H and O–H groups in total. The fraction of sp³-hybridized carbons (Fsp3) is 0.778. The number of nitrogens with zero attached hydrogens (tertiary/aromatic N) is 2. The summed E-state index contributed by atoms with van der Waals surface area (Å²) in [6, 6.07) is 0.501. The average molecular weight is 648 g/mol. The summed E-state index contributed by atoms with van der Waals surface area (Å²) in [5.74, 6) is -0.430. The maximum atomic E-state index is 13.4. The van der Waals surface area contributed by atoms with Crippen molar-refractivity contribution in [3.8, 4) is 0 Å². The minimum Gasteiger partial charge on any atom is -0.457 e. The summed E-state index contributed by atoms with van der Waals surface area (Å²) in [7, 11) is 4.38. The number of cyclic esters (lactones) is 1. The van der Waals surface area contributed by atoms with Crippen molar-refractivity contribution in [2.75, 3.05) is 27.2 Å². The van der Waals surface area contributed by atoms with Crippen molar-refractivity contribution >= 4 is 12.1 Å². The molecule has 0 spiro atoms. The summed E-state index contributed by atoms with van der Waals surface area (Å²) in [5.41, 5.74) is -0.616. The van der Waals surface area contributed by atoms with E-state index in [-0.39, 0.29) is 61.4 Å². The van der Waals surface area contributed by atoms with Crippen molar-refractivity contribution in [1.29, 1.82) is 0 Å². The zero-order valence-corrected chi connectivity index (χ0v) is 29.2. The van der Waals surface area contributed by atoms with Gasteiger partial charge in [0.1, 0.15) is 17.7 Å². The smallest absolute Gasteiger partial charge is 0.411 e. The first-order valence-corrected chi connectivity index (χ1v) is 17.3. The van der Waals surface area contributed by atoms with E-state index in [1.165, 1.54) is 0 Å². The van der Waals surface area contributed by atoms with E-state index >= 15 is 0 Å². The van der Waals surface area contributed by atoms with E-state index in [0.29, 0.717) is 19.0 Å². The van der Waals surface area contributed by atoms with Crippen LogP contribution in [0.15, 0.2) is 36.0 Å². The third kappa shape index (κ3) is 9.01. The molecular weight excluding hydrogens is 588 g/mol. The summed E-state index contributed by atoms with van der Waals surface area (Å²) in [6.45, 7) is 13.1. The fourth-order valence-corrected chi connectivity index (χ4v) is 7.45. The van der Waals surface area contributed by atoms with Crippen LogP contribution in [-0.4, -0.2) is 118 Å². The monoisotopic (exact) mass is 647 g/mol. The van der Waals surface area contributed by atoms with Gasteiger partial charge in [0.05, 0.1) is 64.1 Å². The number of hydrogen-bond acceptors (Lipinski definition) is 8. The van der Waals surface area contributed by atoms with Gasteiger partial charge < -0.3 is 34.0 Å². The molecule has 12 atom stereocenters. The molecule has 1 amide bonds. The lowest BCUT2D eigenvalue weighted by Crippen LogP contribution is -2.57. The average Bonchev–Trinajstić information content (AvgIpc) is 3.50. The summed E-state index contributed by atoms with van der Waals surface area (Å²) in [5, 5.41) is 32.2. The zero-order chi connectivity index (χ0) is 34.0. The van der Waals surface area contributed by atoms with Gasteiger partial charge in [-0.3, -0.25) is 9.69 Å². The van der Waals surface area contributed by atoms with E-state index in [9.17, 15) is 24.9 Å². The third-order valence-electron chi connectivity index (χ3n) is 10.9. The number of carbonyl (C=O) groups is 2. The first kappa shape index (κ1) is 36.6. The number of aliphatic hydroxyl groups excluding tert-OH is 2.